The van der Waals surface area contributed by atoms with E-state index >= 15 is 0 Å². The Morgan fingerprint density at radius 1 is 0.737 bits per heavy atom. The number of allylic oxidation sites excluding steroid dienone is 2. The summed E-state index contributed by atoms with van der Waals surface area (Å²) in [6.45, 7) is 10.3. The molecule has 0 saturated heterocycles. The van der Waals surface area contributed by atoms with Gasteiger partial charge in [0.25, 0.3) is 0 Å². The molecule has 0 rings (SSSR count). The zero-order valence-electron chi connectivity index (χ0n) is 13.3. The van der Waals surface area contributed by atoms with Gasteiger partial charge in [0.05, 0.1) is 0 Å². The van der Waals surface area contributed by atoms with E-state index in [-0.39, 0.29) is 0 Å². The molecule has 0 unspecified atom stereocenters. The average Bonchev–Trinajstić information content (AvgIpc) is 2.43. The number of unbranched alkanes of at least 4 members (excludes halogenated alkanes) is 2. The van der Waals surface area contributed by atoms with Crippen LogP contribution in [0.15, 0.2) is 23.6 Å². The Morgan fingerprint density at radius 2 is 1.16 bits per heavy atom. The maximum Gasteiger partial charge on any atom is 0.391 e. The van der Waals surface area contributed by atoms with E-state index in [1.807, 2.05) is 0 Å². The minimum atomic E-state index is -2.27. The van der Waals surface area contributed by atoms with Gasteiger partial charge in [-0.3, -0.25) is 0 Å². The molecule has 2 nitrogen and oxygen atoms in total. The zero-order chi connectivity index (χ0) is 14.4. The normalized spacial score (nSPS) is 12.8. The zero-order valence-corrected chi connectivity index (χ0v) is 14.3. The van der Waals surface area contributed by atoms with Gasteiger partial charge in [0.1, 0.15) is 0 Å². The van der Waals surface area contributed by atoms with Crippen molar-refractivity contribution in [1.82, 2.24) is 0 Å². The SMILES string of the molecule is CCC=C[Si](C=CCC)(OCCCC)OCCCC. The molecule has 0 aliphatic carbocycles. The van der Waals surface area contributed by atoms with Crippen molar-refractivity contribution in [3.8, 4) is 0 Å². The second-order valence-electron chi connectivity index (χ2n) is 4.75. The van der Waals surface area contributed by atoms with E-state index in [2.05, 4.69) is 51.2 Å². The molecular formula is C16H32O2Si. The second kappa shape index (κ2) is 12.6. The molecule has 0 spiro atoms. The smallest absolute Gasteiger partial charge is 0.388 e. The summed E-state index contributed by atoms with van der Waals surface area (Å²) in [5.41, 5.74) is 4.40. The molecule has 0 atom stereocenters. The van der Waals surface area contributed by atoms with Crippen molar-refractivity contribution >= 4 is 8.56 Å². The maximum atomic E-state index is 6.16. The fourth-order valence-corrected chi connectivity index (χ4v) is 4.24. The van der Waals surface area contributed by atoms with Crippen LogP contribution >= 0.6 is 0 Å². The Kier molecular flexibility index (Phi) is 12.4. The first-order valence-electron chi connectivity index (χ1n) is 7.87. The summed E-state index contributed by atoms with van der Waals surface area (Å²) in [5.74, 6) is 0. The first-order valence-corrected chi connectivity index (χ1v) is 9.85. The Hall–Kier alpha value is -0.383. The lowest BCUT2D eigenvalue weighted by Gasteiger charge is -2.25. The first-order chi connectivity index (χ1) is 9.24. The van der Waals surface area contributed by atoms with E-state index in [4.69, 9.17) is 8.85 Å². The van der Waals surface area contributed by atoms with Gasteiger partial charge in [0.15, 0.2) is 0 Å². The molecule has 0 aromatic carbocycles. The molecule has 0 aliphatic heterocycles. The molecule has 19 heavy (non-hydrogen) atoms. The predicted molar refractivity (Wildman–Crippen MR) is 86.3 cm³/mol. The molecule has 3 heteroatoms. The van der Waals surface area contributed by atoms with Gasteiger partial charge in [0.2, 0.25) is 0 Å². The number of hydrogen-bond donors (Lipinski definition) is 0. The first kappa shape index (κ1) is 18.6. The van der Waals surface area contributed by atoms with Crippen molar-refractivity contribution in [2.45, 2.75) is 66.2 Å². The third kappa shape index (κ3) is 9.19. The minimum Gasteiger partial charge on any atom is -0.388 e. The van der Waals surface area contributed by atoms with Crippen LogP contribution in [0.3, 0.4) is 0 Å². The molecule has 0 radical (unpaired) electrons. The lowest BCUT2D eigenvalue weighted by Crippen LogP contribution is -2.39. The average molecular weight is 285 g/mol. The van der Waals surface area contributed by atoms with Gasteiger partial charge in [-0.25, -0.2) is 0 Å². The van der Waals surface area contributed by atoms with Crippen molar-refractivity contribution in [2.75, 3.05) is 13.2 Å². The summed E-state index contributed by atoms with van der Waals surface area (Å²) in [6.07, 6.45) is 11.0. The highest BCUT2D eigenvalue weighted by atomic mass is 28.4. The number of hydrogen-bond acceptors (Lipinski definition) is 2. The fraction of sp³-hybridized carbons (Fsp3) is 0.750. The number of rotatable bonds is 12. The summed E-state index contributed by atoms with van der Waals surface area (Å²) >= 11 is 0. The van der Waals surface area contributed by atoms with Crippen molar-refractivity contribution in [2.24, 2.45) is 0 Å². The lowest BCUT2D eigenvalue weighted by molar-refractivity contribution is 0.184. The standard InChI is InChI=1S/C16H32O2Si/c1-5-9-13-17-19(15-11-7-3,16-12-8-4)18-14-10-6-2/h11-12,15-16H,5-10,13-14H2,1-4H3. The molecule has 0 N–H and O–H groups in total. The van der Waals surface area contributed by atoms with E-state index in [0.717, 1.165) is 51.7 Å². The van der Waals surface area contributed by atoms with E-state index in [1.54, 1.807) is 0 Å². The van der Waals surface area contributed by atoms with Crippen LogP contribution in [0, 0.1) is 0 Å². The van der Waals surface area contributed by atoms with Gasteiger partial charge < -0.3 is 8.85 Å². The summed E-state index contributed by atoms with van der Waals surface area (Å²) < 4.78 is 12.3. The third-order valence-electron chi connectivity index (χ3n) is 2.82. The summed E-state index contributed by atoms with van der Waals surface area (Å²) in [7, 11) is -2.27. The van der Waals surface area contributed by atoms with Gasteiger partial charge in [-0.1, -0.05) is 52.7 Å². The molecule has 0 bridgehead atoms. The van der Waals surface area contributed by atoms with E-state index in [9.17, 15) is 0 Å². The van der Waals surface area contributed by atoms with Crippen LogP contribution in [-0.4, -0.2) is 21.8 Å². The monoisotopic (exact) mass is 284 g/mol. The van der Waals surface area contributed by atoms with E-state index < -0.39 is 8.56 Å². The third-order valence-corrected chi connectivity index (χ3v) is 5.53. The summed E-state index contributed by atoms with van der Waals surface area (Å²) in [6, 6.07) is 0. The highest BCUT2D eigenvalue weighted by Crippen LogP contribution is 2.15. The lowest BCUT2D eigenvalue weighted by atomic mass is 10.4. The fourth-order valence-electron chi connectivity index (χ4n) is 1.61. The second-order valence-corrected chi connectivity index (χ2v) is 7.43. The van der Waals surface area contributed by atoms with Gasteiger partial charge in [-0.05, 0) is 37.1 Å². The van der Waals surface area contributed by atoms with Crippen LogP contribution in [0.4, 0.5) is 0 Å². The molecule has 0 amide bonds. The molecule has 0 aromatic heterocycles. The molecule has 0 heterocycles. The van der Waals surface area contributed by atoms with Crippen molar-refractivity contribution < 1.29 is 8.85 Å². The predicted octanol–water partition coefficient (Wildman–Crippen LogP) is 5.07. The maximum absolute atomic E-state index is 6.16. The Bertz CT molecular complexity index is 223. The van der Waals surface area contributed by atoms with Gasteiger partial charge in [-0.2, -0.15) is 0 Å². The van der Waals surface area contributed by atoms with E-state index in [1.165, 1.54) is 0 Å². The van der Waals surface area contributed by atoms with Crippen LogP contribution in [0.5, 0.6) is 0 Å². The van der Waals surface area contributed by atoms with Crippen LogP contribution in [0.2, 0.25) is 0 Å². The van der Waals surface area contributed by atoms with Crippen molar-refractivity contribution in [3.05, 3.63) is 23.6 Å². The van der Waals surface area contributed by atoms with Gasteiger partial charge in [0, 0.05) is 13.2 Å². The molecular weight excluding hydrogens is 252 g/mol. The molecule has 112 valence electrons. The molecule has 0 saturated carbocycles. The van der Waals surface area contributed by atoms with Crippen LogP contribution in [0.25, 0.3) is 0 Å². The summed E-state index contributed by atoms with van der Waals surface area (Å²) in [5, 5.41) is 0. The Balaban J connectivity index is 4.73. The molecule has 0 aromatic rings. The molecule has 0 aliphatic rings. The topological polar surface area (TPSA) is 18.5 Å². The summed E-state index contributed by atoms with van der Waals surface area (Å²) in [4.78, 5) is 0. The van der Waals surface area contributed by atoms with Gasteiger partial charge >= 0.3 is 8.56 Å². The highest BCUT2D eigenvalue weighted by molar-refractivity contribution is 6.77. The van der Waals surface area contributed by atoms with Crippen LogP contribution in [0.1, 0.15) is 66.2 Å². The van der Waals surface area contributed by atoms with Crippen LogP contribution in [-0.2, 0) is 8.85 Å². The van der Waals surface area contributed by atoms with Gasteiger partial charge in [-0.15, -0.1) is 0 Å². The Labute approximate surface area is 121 Å². The van der Waals surface area contributed by atoms with E-state index in [0.29, 0.717) is 0 Å². The Morgan fingerprint density at radius 3 is 1.47 bits per heavy atom. The minimum absolute atomic E-state index is 0.803. The van der Waals surface area contributed by atoms with Crippen molar-refractivity contribution in [1.29, 1.82) is 0 Å². The largest absolute Gasteiger partial charge is 0.391 e. The highest BCUT2D eigenvalue weighted by Gasteiger charge is 2.31. The van der Waals surface area contributed by atoms with Crippen molar-refractivity contribution in [3.63, 3.8) is 0 Å². The quantitative estimate of drug-likeness (QED) is 0.368. The molecule has 0 fully saturated rings. The van der Waals surface area contributed by atoms with Crippen LogP contribution < -0.4 is 0 Å².